The van der Waals surface area contributed by atoms with Crippen molar-refractivity contribution in [3.8, 4) is 0 Å². The van der Waals surface area contributed by atoms with E-state index < -0.39 is 11.6 Å². The number of aromatic nitrogens is 2. The Balaban J connectivity index is 1.67. The Morgan fingerprint density at radius 1 is 1.40 bits per heavy atom. The lowest BCUT2D eigenvalue weighted by Gasteiger charge is -2.14. The van der Waals surface area contributed by atoms with Crippen LogP contribution in [0.4, 0.5) is 8.78 Å². The minimum atomic E-state index is -0.699. The molecule has 0 saturated carbocycles. The number of thioether (sulfide) groups is 1. The predicted octanol–water partition coefficient (Wildman–Crippen LogP) is 2.44. The largest absolute Gasteiger partial charge is 0.352 e. The van der Waals surface area contributed by atoms with Gasteiger partial charge in [-0.3, -0.25) is 14.2 Å². The Hall–Kier alpha value is -2.22. The van der Waals surface area contributed by atoms with Crippen molar-refractivity contribution in [2.75, 3.05) is 5.75 Å². The maximum atomic E-state index is 13.6. The molecule has 0 bridgehead atoms. The summed E-state index contributed by atoms with van der Waals surface area (Å²) in [6.45, 7) is 1.69. The van der Waals surface area contributed by atoms with Crippen LogP contribution in [0.25, 0.3) is 0 Å². The lowest BCUT2D eigenvalue weighted by atomic mass is 10.1. The van der Waals surface area contributed by atoms with E-state index in [2.05, 4.69) is 10.3 Å². The van der Waals surface area contributed by atoms with Gasteiger partial charge in [0.1, 0.15) is 11.6 Å². The predicted molar refractivity (Wildman–Crippen MR) is 90.5 cm³/mol. The molecule has 2 aromatic rings. The summed E-state index contributed by atoms with van der Waals surface area (Å²) in [6.07, 6.45) is 0.728. The van der Waals surface area contributed by atoms with E-state index in [1.165, 1.54) is 28.5 Å². The molecule has 1 unspecified atom stereocenters. The van der Waals surface area contributed by atoms with E-state index in [9.17, 15) is 18.4 Å². The molecule has 2 heterocycles. The number of carbonyl (C=O) groups excluding carboxylic acids is 1. The van der Waals surface area contributed by atoms with Gasteiger partial charge in [0.15, 0.2) is 5.16 Å². The zero-order valence-electron chi connectivity index (χ0n) is 13.6. The third-order valence-electron chi connectivity index (χ3n) is 4.05. The van der Waals surface area contributed by atoms with Gasteiger partial charge in [0.25, 0.3) is 5.56 Å². The first-order valence-corrected chi connectivity index (χ1v) is 8.93. The molecule has 3 rings (SSSR count). The van der Waals surface area contributed by atoms with E-state index in [1.54, 1.807) is 0 Å². The summed E-state index contributed by atoms with van der Waals surface area (Å²) in [5, 5.41) is 3.13. The molecule has 25 heavy (non-hydrogen) atoms. The van der Waals surface area contributed by atoms with Crippen LogP contribution >= 0.6 is 11.8 Å². The van der Waals surface area contributed by atoms with Gasteiger partial charge in [0.2, 0.25) is 5.91 Å². The van der Waals surface area contributed by atoms with Gasteiger partial charge in [-0.05, 0) is 18.6 Å². The average Bonchev–Trinajstić information content (AvgIpc) is 2.97. The maximum absolute atomic E-state index is 13.6. The van der Waals surface area contributed by atoms with Crippen LogP contribution in [0.3, 0.4) is 0 Å². The van der Waals surface area contributed by atoms with Gasteiger partial charge in [-0.25, -0.2) is 13.8 Å². The Morgan fingerprint density at radius 2 is 2.12 bits per heavy atom. The average molecular weight is 365 g/mol. The number of nitrogens with zero attached hydrogens (tertiary/aromatic N) is 2. The smallest absolute Gasteiger partial charge is 0.254 e. The first kappa shape index (κ1) is 17.6. The van der Waals surface area contributed by atoms with Crippen LogP contribution < -0.4 is 10.9 Å². The summed E-state index contributed by atoms with van der Waals surface area (Å²) < 4.78 is 28.7. The fourth-order valence-electron chi connectivity index (χ4n) is 2.70. The number of benzene rings is 1. The number of amides is 1. The number of hydrogen-bond acceptors (Lipinski definition) is 4. The van der Waals surface area contributed by atoms with Gasteiger partial charge in [-0.15, -0.1) is 0 Å². The van der Waals surface area contributed by atoms with Crippen LogP contribution in [0.2, 0.25) is 0 Å². The van der Waals surface area contributed by atoms with Crippen LogP contribution in [0.15, 0.2) is 34.2 Å². The van der Waals surface area contributed by atoms with Crippen molar-refractivity contribution in [1.29, 1.82) is 0 Å². The molecule has 1 N–H and O–H groups in total. The molecule has 1 aliphatic heterocycles. The molecular weight excluding hydrogens is 348 g/mol. The van der Waals surface area contributed by atoms with Crippen molar-refractivity contribution >= 4 is 17.7 Å². The van der Waals surface area contributed by atoms with Gasteiger partial charge in [0, 0.05) is 36.0 Å². The quantitative estimate of drug-likeness (QED) is 0.827. The van der Waals surface area contributed by atoms with Crippen molar-refractivity contribution in [1.82, 2.24) is 14.9 Å². The number of halogens is 2. The summed E-state index contributed by atoms with van der Waals surface area (Å²) in [7, 11) is 0. The molecule has 0 fully saturated rings. The Morgan fingerprint density at radius 3 is 2.80 bits per heavy atom. The highest BCUT2D eigenvalue weighted by molar-refractivity contribution is 7.99. The first-order valence-electron chi connectivity index (χ1n) is 7.94. The molecule has 0 saturated heterocycles. The minimum Gasteiger partial charge on any atom is -0.352 e. The molecule has 8 heteroatoms. The summed E-state index contributed by atoms with van der Waals surface area (Å²) in [5.41, 5.74) is 0.372. The molecule has 5 nitrogen and oxygen atoms in total. The molecule has 132 valence electrons. The Kier molecular flexibility index (Phi) is 5.17. The molecule has 1 atom stereocenters. The van der Waals surface area contributed by atoms with E-state index in [-0.39, 0.29) is 36.0 Å². The number of rotatable bonds is 5. The maximum Gasteiger partial charge on any atom is 0.254 e. The zero-order valence-corrected chi connectivity index (χ0v) is 14.4. The van der Waals surface area contributed by atoms with Crippen LogP contribution in [0.5, 0.6) is 0 Å². The molecule has 1 aromatic heterocycles. The van der Waals surface area contributed by atoms with Gasteiger partial charge in [-0.2, -0.15) is 0 Å². The lowest BCUT2D eigenvalue weighted by molar-refractivity contribution is -0.121. The second kappa shape index (κ2) is 7.35. The second-order valence-corrected chi connectivity index (χ2v) is 6.72. The molecule has 0 aliphatic carbocycles. The van der Waals surface area contributed by atoms with Crippen LogP contribution in [0.1, 0.15) is 30.6 Å². The van der Waals surface area contributed by atoms with Crippen molar-refractivity contribution in [2.24, 2.45) is 0 Å². The van der Waals surface area contributed by atoms with Gasteiger partial charge < -0.3 is 5.32 Å². The topological polar surface area (TPSA) is 64.0 Å². The van der Waals surface area contributed by atoms with E-state index in [0.29, 0.717) is 17.3 Å². The summed E-state index contributed by atoms with van der Waals surface area (Å²) >= 11 is 1.43. The number of fused-ring (bicyclic) bond motifs is 1. The summed E-state index contributed by atoms with van der Waals surface area (Å²) in [6, 6.07) is 4.73. The molecule has 0 spiro atoms. The number of hydrogen-bond donors (Lipinski definition) is 1. The SMILES string of the molecule is CCc1cc(=O)n2c(n1)SCC2CC(=O)NCc1c(F)cccc1F. The lowest BCUT2D eigenvalue weighted by Crippen LogP contribution is -2.30. The number of aryl methyl sites for hydroxylation is 1. The second-order valence-electron chi connectivity index (χ2n) is 5.74. The fourth-order valence-corrected chi connectivity index (χ4v) is 3.87. The van der Waals surface area contributed by atoms with Crippen molar-refractivity contribution < 1.29 is 13.6 Å². The highest BCUT2D eigenvalue weighted by atomic mass is 32.2. The normalized spacial score (nSPS) is 15.9. The third-order valence-corrected chi connectivity index (χ3v) is 5.15. The van der Waals surface area contributed by atoms with Crippen LogP contribution in [-0.4, -0.2) is 21.2 Å². The summed E-state index contributed by atoms with van der Waals surface area (Å²) in [5.74, 6) is -1.20. The van der Waals surface area contributed by atoms with Crippen LogP contribution in [0, 0.1) is 11.6 Å². The van der Waals surface area contributed by atoms with Gasteiger partial charge >= 0.3 is 0 Å². The number of carbonyl (C=O) groups is 1. The monoisotopic (exact) mass is 365 g/mol. The van der Waals surface area contributed by atoms with E-state index in [0.717, 1.165) is 17.8 Å². The minimum absolute atomic E-state index is 0.0587. The summed E-state index contributed by atoms with van der Waals surface area (Å²) in [4.78, 5) is 28.8. The standard InChI is InChI=1S/C17H17F2N3O2S/c1-2-10-6-16(24)22-11(9-25-17(22)21-10)7-15(23)20-8-12-13(18)4-3-5-14(12)19/h3-6,11H,2,7-9H2,1H3,(H,20,23). The Labute approximate surface area is 147 Å². The van der Waals surface area contributed by atoms with Gasteiger partial charge in [-0.1, -0.05) is 24.8 Å². The first-order chi connectivity index (χ1) is 12.0. The van der Waals surface area contributed by atoms with Gasteiger partial charge in [0.05, 0.1) is 6.04 Å². The highest BCUT2D eigenvalue weighted by Crippen LogP contribution is 2.32. The highest BCUT2D eigenvalue weighted by Gasteiger charge is 2.27. The molecule has 1 aliphatic rings. The molecular formula is C17H17F2N3O2S. The number of nitrogens with one attached hydrogen (secondary N) is 1. The third kappa shape index (κ3) is 3.73. The van der Waals surface area contributed by atoms with E-state index >= 15 is 0 Å². The Bertz CT molecular complexity index is 849. The van der Waals surface area contributed by atoms with Crippen molar-refractivity contribution in [3.63, 3.8) is 0 Å². The van der Waals surface area contributed by atoms with E-state index in [4.69, 9.17) is 0 Å². The molecule has 0 radical (unpaired) electrons. The molecule has 1 aromatic carbocycles. The van der Waals surface area contributed by atoms with Crippen molar-refractivity contribution in [2.45, 2.75) is 37.5 Å². The molecule has 1 amide bonds. The van der Waals surface area contributed by atoms with Crippen LogP contribution in [-0.2, 0) is 17.8 Å². The van der Waals surface area contributed by atoms with Crippen molar-refractivity contribution in [3.05, 3.63) is 57.5 Å². The zero-order chi connectivity index (χ0) is 18.0. The van der Waals surface area contributed by atoms with E-state index in [1.807, 2.05) is 6.92 Å². The fraction of sp³-hybridized carbons (Fsp3) is 0.353.